The van der Waals surface area contributed by atoms with Crippen LogP contribution >= 0.6 is 11.6 Å². The smallest absolute Gasteiger partial charge is 0.264 e. The molecule has 2 N–H and O–H groups in total. The van der Waals surface area contributed by atoms with Gasteiger partial charge in [0, 0.05) is 24.3 Å². The molecule has 1 fully saturated rings. The molecule has 1 aliphatic heterocycles. The Morgan fingerprint density at radius 3 is 2.42 bits per heavy atom. The Labute approximate surface area is 198 Å². The Bertz CT molecular complexity index is 1270. The largest absolute Gasteiger partial charge is 0.378 e. The van der Waals surface area contributed by atoms with Crippen molar-refractivity contribution in [2.75, 3.05) is 41.2 Å². The molecule has 0 radical (unpaired) electrons. The van der Waals surface area contributed by atoms with Gasteiger partial charge in [-0.25, -0.2) is 8.42 Å². The highest BCUT2D eigenvalue weighted by Gasteiger charge is 2.25. The molecule has 172 valence electrons. The van der Waals surface area contributed by atoms with Gasteiger partial charge in [-0.15, -0.1) is 0 Å². The van der Waals surface area contributed by atoms with E-state index in [-0.39, 0.29) is 21.5 Å². The number of aryl methyl sites for hydroxylation is 1. The van der Waals surface area contributed by atoms with E-state index in [1.165, 1.54) is 6.07 Å². The minimum atomic E-state index is -4.02. The highest BCUT2D eigenvalue weighted by Crippen LogP contribution is 2.32. The maximum Gasteiger partial charge on any atom is 0.264 e. The van der Waals surface area contributed by atoms with Crippen LogP contribution in [0.25, 0.3) is 0 Å². The molecule has 3 aromatic carbocycles. The zero-order valence-corrected chi connectivity index (χ0v) is 19.6. The van der Waals surface area contributed by atoms with E-state index in [4.69, 9.17) is 16.3 Å². The summed E-state index contributed by atoms with van der Waals surface area (Å²) in [6.45, 7) is 3.97. The van der Waals surface area contributed by atoms with Crippen molar-refractivity contribution in [2.24, 2.45) is 0 Å². The van der Waals surface area contributed by atoms with E-state index in [1.54, 1.807) is 48.5 Å². The lowest BCUT2D eigenvalue weighted by atomic mass is 10.1. The molecular formula is C24H24ClN3O4S. The fourth-order valence-corrected chi connectivity index (χ4v) is 5.21. The summed E-state index contributed by atoms with van der Waals surface area (Å²) in [5.74, 6) is -0.311. The maximum absolute atomic E-state index is 13.4. The van der Waals surface area contributed by atoms with Crippen LogP contribution in [0, 0.1) is 6.92 Å². The van der Waals surface area contributed by atoms with Gasteiger partial charge in [0.05, 0.1) is 29.6 Å². The van der Waals surface area contributed by atoms with Gasteiger partial charge in [-0.1, -0.05) is 41.9 Å². The van der Waals surface area contributed by atoms with Crippen LogP contribution in [-0.4, -0.2) is 40.6 Å². The number of nitrogens with zero attached hydrogens (tertiary/aromatic N) is 1. The Balaban J connectivity index is 1.71. The van der Waals surface area contributed by atoms with Gasteiger partial charge in [-0.3, -0.25) is 9.52 Å². The molecule has 0 saturated carbocycles. The molecule has 7 nitrogen and oxygen atoms in total. The second kappa shape index (κ2) is 9.82. The summed E-state index contributed by atoms with van der Waals surface area (Å²) < 4.78 is 34.9. The van der Waals surface area contributed by atoms with Gasteiger partial charge in [0.1, 0.15) is 4.90 Å². The Kier molecular flexibility index (Phi) is 6.88. The van der Waals surface area contributed by atoms with Crippen LogP contribution < -0.4 is 14.9 Å². The van der Waals surface area contributed by atoms with Crippen molar-refractivity contribution < 1.29 is 17.9 Å². The van der Waals surface area contributed by atoms with Crippen molar-refractivity contribution in [1.82, 2.24) is 0 Å². The monoisotopic (exact) mass is 485 g/mol. The third-order valence-corrected chi connectivity index (χ3v) is 7.09. The Morgan fingerprint density at radius 2 is 1.70 bits per heavy atom. The number of hydrogen-bond acceptors (Lipinski definition) is 5. The molecule has 0 unspecified atom stereocenters. The summed E-state index contributed by atoms with van der Waals surface area (Å²) >= 11 is 6.18. The number of morpholine rings is 1. The summed E-state index contributed by atoms with van der Waals surface area (Å²) in [6, 6.07) is 18.7. The number of carbonyl (C=O) groups is 1. The highest BCUT2D eigenvalue weighted by molar-refractivity contribution is 7.93. The maximum atomic E-state index is 13.4. The minimum absolute atomic E-state index is 0.0481. The summed E-state index contributed by atoms with van der Waals surface area (Å²) in [7, 11) is -4.02. The highest BCUT2D eigenvalue weighted by atomic mass is 35.5. The SMILES string of the molecule is Cc1ccccc1C(=O)Nc1ccc(N2CCOCC2)c(S(=O)(=O)Nc2ccccc2Cl)c1. The number of rotatable bonds is 6. The molecule has 9 heteroatoms. The number of sulfonamides is 1. The van der Waals surface area contributed by atoms with E-state index in [9.17, 15) is 13.2 Å². The molecule has 0 bridgehead atoms. The minimum Gasteiger partial charge on any atom is -0.378 e. The molecule has 0 spiro atoms. The van der Waals surface area contributed by atoms with Crippen molar-refractivity contribution in [2.45, 2.75) is 11.8 Å². The molecule has 4 rings (SSSR count). The van der Waals surface area contributed by atoms with Gasteiger partial charge in [-0.2, -0.15) is 0 Å². The quantitative estimate of drug-likeness (QED) is 0.535. The van der Waals surface area contributed by atoms with Crippen molar-refractivity contribution in [3.63, 3.8) is 0 Å². The first-order chi connectivity index (χ1) is 15.8. The summed E-state index contributed by atoms with van der Waals surface area (Å²) in [4.78, 5) is 14.8. The average molecular weight is 486 g/mol. The zero-order valence-electron chi connectivity index (χ0n) is 18.0. The fourth-order valence-electron chi connectivity index (χ4n) is 3.64. The predicted octanol–water partition coefficient (Wildman–Crippen LogP) is 4.54. The molecule has 1 saturated heterocycles. The van der Waals surface area contributed by atoms with E-state index in [1.807, 2.05) is 24.0 Å². The van der Waals surface area contributed by atoms with Crippen molar-refractivity contribution in [3.8, 4) is 0 Å². The number of benzene rings is 3. The molecular weight excluding hydrogens is 462 g/mol. The van der Waals surface area contributed by atoms with Gasteiger partial charge in [0.2, 0.25) is 0 Å². The van der Waals surface area contributed by atoms with E-state index in [0.717, 1.165) is 5.56 Å². The molecule has 1 aliphatic rings. The average Bonchev–Trinajstić information content (AvgIpc) is 2.81. The predicted molar refractivity (Wildman–Crippen MR) is 131 cm³/mol. The lowest BCUT2D eigenvalue weighted by Gasteiger charge is -2.30. The lowest BCUT2D eigenvalue weighted by Crippen LogP contribution is -2.37. The van der Waals surface area contributed by atoms with E-state index in [2.05, 4.69) is 10.0 Å². The lowest BCUT2D eigenvalue weighted by molar-refractivity contribution is 0.102. The second-order valence-corrected chi connectivity index (χ2v) is 9.69. The third kappa shape index (κ3) is 5.30. The molecule has 0 atom stereocenters. The number of halogens is 1. The van der Waals surface area contributed by atoms with Crippen LogP contribution in [0.2, 0.25) is 5.02 Å². The first-order valence-electron chi connectivity index (χ1n) is 10.5. The van der Waals surface area contributed by atoms with Gasteiger partial charge in [0.25, 0.3) is 15.9 Å². The standard InChI is InChI=1S/C24H24ClN3O4S/c1-17-6-2-3-7-19(17)24(29)26-18-10-11-22(28-12-14-32-15-13-28)23(16-18)33(30,31)27-21-9-5-4-8-20(21)25/h2-11,16,27H,12-15H2,1H3,(H,26,29). The fraction of sp³-hybridized carbons (Fsp3) is 0.208. The van der Waals surface area contributed by atoms with Crippen LogP contribution in [0.15, 0.2) is 71.6 Å². The van der Waals surface area contributed by atoms with E-state index < -0.39 is 10.0 Å². The van der Waals surface area contributed by atoms with Crippen LogP contribution in [0.5, 0.6) is 0 Å². The number of carbonyl (C=O) groups excluding carboxylic acids is 1. The topological polar surface area (TPSA) is 87.7 Å². The van der Waals surface area contributed by atoms with Crippen LogP contribution in [0.1, 0.15) is 15.9 Å². The number of anilines is 3. The van der Waals surface area contributed by atoms with E-state index in [0.29, 0.717) is 43.2 Å². The second-order valence-electron chi connectivity index (χ2n) is 7.64. The number of para-hydroxylation sites is 1. The number of ether oxygens (including phenoxy) is 1. The Morgan fingerprint density at radius 1 is 1.00 bits per heavy atom. The van der Waals surface area contributed by atoms with Crippen molar-refractivity contribution in [3.05, 3.63) is 82.9 Å². The first kappa shape index (κ1) is 23.1. The van der Waals surface area contributed by atoms with Gasteiger partial charge < -0.3 is 15.0 Å². The molecule has 3 aromatic rings. The van der Waals surface area contributed by atoms with Crippen LogP contribution in [0.4, 0.5) is 17.1 Å². The first-order valence-corrected chi connectivity index (χ1v) is 12.3. The zero-order chi connectivity index (χ0) is 23.4. The number of amides is 1. The van der Waals surface area contributed by atoms with Crippen LogP contribution in [0.3, 0.4) is 0 Å². The van der Waals surface area contributed by atoms with Gasteiger partial charge >= 0.3 is 0 Å². The normalized spacial score (nSPS) is 14.1. The molecule has 0 aliphatic carbocycles. The van der Waals surface area contributed by atoms with Gasteiger partial charge in [-0.05, 0) is 48.9 Å². The third-order valence-electron chi connectivity index (χ3n) is 5.37. The number of hydrogen-bond donors (Lipinski definition) is 2. The molecule has 33 heavy (non-hydrogen) atoms. The molecule has 1 heterocycles. The van der Waals surface area contributed by atoms with E-state index >= 15 is 0 Å². The van der Waals surface area contributed by atoms with Crippen molar-refractivity contribution >= 4 is 44.6 Å². The van der Waals surface area contributed by atoms with Gasteiger partial charge in [0.15, 0.2) is 0 Å². The molecule has 1 amide bonds. The van der Waals surface area contributed by atoms with Crippen molar-refractivity contribution in [1.29, 1.82) is 0 Å². The summed E-state index contributed by atoms with van der Waals surface area (Å²) in [5.41, 5.74) is 2.54. The van der Waals surface area contributed by atoms with Crippen LogP contribution in [-0.2, 0) is 14.8 Å². The number of nitrogens with one attached hydrogen (secondary N) is 2. The Hall–Kier alpha value is -3.07. The summed E-state index contributed by atoms with van der Waals surface area (Å²) in [5, 5.41) is 3.11. The summed E-state index contributed by atoms with van der Waals surface area (Å²) in [6.07, 6.45) is 0. The molecule has 0 aromatic heterocycles.